The summed E-state index contributed by atoms with van der Waals surface area (Å²) in [7, 11) is 1.58. The second-order valence-corrected chi connectivity index (χ2v) is 7.56. The monoisotopic (exact) mass is 351 g/mol. The Morgan fingerprint density at radius 1 is 1.12 bits per heavy atom. The molecule has 3 aromatic rings. The minimum Gasteiger partial charge on any atom is -0.493 e. The zero-order chi connectivity index (χ0) is 18.9. The van der Waals surface area contributed by atoms with Gasteiger partial charge in [0.15, 0.2) is 17.1 Å². The summed E-state index contributed by atoms with van der Waals surface area (Å²) in [5.41, 5.74) is 3.02. The van der Waals surface area contributed by atoms with Crippen molar-refractivity contribution in [1.82, 2.24) is 5.32 Å². The zero-order valence-corrected chi connectivity index (χ0v) is 15.9. The molecule has 1 amide bonds. The standard InChI is InChI=1S/C22H25NO3/c1-14(15-9-11-17(12-10-15)22(2,3)4)23-21(24)19-13-16-7-6-8-18(25-5)20(16)26-19/h6-14H,1-5H3,(H,23,24)/t14-/m1/s1. The van der Waals surface area contributed by atoms with E-state index in [1.54, 1.807) is 13.2 Å². The topological polar surface area (TPSA) is 51.5 Å². The van der Waals surface area contributed by atoms with E-state index in [1.807, 2.05) is 25.1 Å². The fraction of sp³-hybridized carbons (Fsp3) is 0.318. The second-order valence-electron chi connectivity index (χ2n) is 7.56. The van der Waals surface area contributed by atoms with Gasteiger partial charge < -0.3 is 14.5 Å². The van der Waals surface area contributed by atoms with Crippen LogP contribution in [0.25, 0.3) is 11.0 Å². The van der Waals surface area contributed by atoms with Crippen molar-refractivity contribution in [2.24, 2.45) is 0 Å². The van der Waals surface area contributed by atoms with Gasteiger partial charge in [0.1, 0.15) is 0 Å². The molecule has 0 aliphatic rings. The smallest absolute Gasteiger partial charge is 0.287 e. The fourth-order valence-corrected chi connectivity index (χ4v) is 2.93. The average molecular weight is 351 g/mol. The highest BCUT2D eigenvalue weighted by Crippen LogP contribution is 2.29. The van der Waals surface area contributed by atoms with Gasteiger partial charge >= 0.3 is 0 Å². The summed E-state index contributed by atoms with van der Waals surface area (Å²) >= 11 is 0. The van der Waals surface area contributed by atoms with E-state index >= 15 is 0 Å². The number of carbonyl (C=O) groups is 1. The lowest BCUT2D eigenvalue weighted by Crippen LogP contribution is -2.26. The Hall–Kier alpha value is -2.75. The zero-order valence-electron chi connectivity index (χ0n) is 15.9. The van der Waals surface area contributed by atoms with E-state index < -0.39 is 0 Å². The molecule has 0 fully saturated rings. The maximum absolute atomic E-state index is 12.6. The van der Waals surface area contributed by atoms with Crippen LogP contribution in [0, 0.1) is 0 Å². The molecule has 0 aliphatic heterocycles. The first-order valence-corrected chi connectivity index (χ1v) is 8.77. The predicted octanol–water partition coefficient (Wildman–Crippen LogP) is 5.23. The molecule has 0 radical (unpaired) electrons. The van der Waals surface area contributed by atoms with Crippen LogP contribution in [0.3, 0.4) is 0 Å². The van der Waals surface area contributed by atoms with Gasteiger partial charge in [-0.15, -0.1) is 0 Å². The molecule has 0 saturated carbocycles. The SMILES string of the molecule is COc1cccc2cc(C(=O)N[C@H](C)c3ccc(C(C)(C)C)cc3)oc12. The summed E-state index contributed by atoms with van der Waals surface area (Å²) in [5.74, 6) is 0.658. The average Bonchev–Trinajstić information content (AvgIpc) is 3.05. The van der Waals surface area contributed by atoms with Crippen molar-refractivity contribution in [2.45, 2.75) is 39.2 Å². The van der Waals surface area contributed by atoms with Gasteiger partial charge in [0.25, 0.3) is 5.91 Å². The molecule has 3 rings (SSSR count). The van der Waals surface area contributed by atoms with Gasteiger partial charge in [0.2, 0.25) is 0 Å². The Morgan fingerprint density at radius 3 is 2.42 bits per heavy atom. The van der Waals surface area contributed by atoms with E-state index in [0.29, 0.717) is 11.3 Å². The van der Waals surface area contributed by atoms with E-state index in [0.717, 1.165) is 10.9 Å². The third kappa shape index (κ3) is 3.59. The lowest BCUT2D eigenvalue weighted by Gasteiger charge is -2.20. The Labute approximate surface area is 154 Å². The molecule has 0 bridgehead atoms. The first-order valence-electron chi connectivity index (χ1n) is 8.77. The number of carbonyl (C=O) groups excluding carboxylic acids is 1. The van der Waals surface area contributed by atoms with Crippen LogP contribution in [-0.2, 0) is 5.41 Å². The molecule has 1 heterocycles. The van der Waals surface area contributed by atoms with Gasteiger partial charge in [-0.1, -0.05) is 57.2 Å². The highest BCUT2D eigenvalue weighted by Gasteiger charge is 2.18. The first-order chi connectivity index (χ1) is 12.3. The molecule has 0 saturated heterocycles. The summed E-state index contributed by atoms with van der Waals surface area (Å²) in [4.78, 5) is 12.6. The van der Waals surface area contributed by atoms with Crippen LogP contribution in [-0.4, -0.2) is 13.0 Å². The fourth-order valence-electron chi connectivity index (χ4n) is 2.93. The molecule has 1 N–H and O–H groups in total. The molecule has 4 heteroatoms. The number of methoxy groups -OCH3 is 1. The van der Waals surface area contributed by atoms with Crippen LogP contribution >= 0.6 is 0 Å². The Balaban J connectivity index is 1.77. The number of benzene rings is 2. The van der Waals surface area contributed by atoms with Crippen molar-refractivity contribution >= 4 is 16.9 Å². The molecule has 1 atom stereocenters. The number of nitrogens with one attached hydrogen (secondary N) is 1. The van der Waals surface area contributed by atoms with Gasteiger partial charge in [-0.25, -0.2) is 0 Å². The molecule has 4 nitrogen and oxygen atoms in total. The van der Waals surface area contributed by atoms with E-state index in [-0.39, 0.29) is 23.1 Å². The number of hydrogen-bond donors (Lipinski definition) is 1. The summed E-state index contributed by atoms with van der Waals surface area (Å²) in [5, 5.41) is 3.84. The Bertz CT molecular complexity index is 917. The van der Waals surface area contributed by atoms with Crippen LogP contribution < -0.4 is 10.1 Å². The summed E-state index contributed by atoms with van der Waals surface area (Å²) < 4.78 is 11.0. The van der Waals surface area contributed by atoms with Crippen molar-refractivity contribution in [2.75, 3.05) is 7.11 Å². The van der Waals surface area contributed by atoms with E-state index in [1.165, 1.54) is 5.56 Å². The molecule has 0 unspecified atom stereocenters. The number of furan rings is 1. The highest BCUT2D eigenvalue weighted by molar-refractivity contribution is 5.97. The minimum atomic E-state index is -0.240. The quantitative estimate of drug-likeness (QED) is 0.700. The van der Waals surface area contributed by atoms with Gasteiger partial charge in [-0.2, -0.15) is 0 Å². The van der Waals surface area contributed by atoms with Crippen LogP contribution in [0.1, 0.15) is 55.4 Å². The lowest BCUT2D eigenvalue weighted by atomic mass is 9.86. The van der Waals surface area contributed by atoms with E-state index in [9.17, 15) is 4.79 Å². The molecular formula is C22H25NO3. The van der Waals surface area contributed by atoms with Crippen LogP contribution in [0.5, 0.6) is 5.75 Å². The molecule has 0 spiro atoms. The molecule has 0 aliphatic carbocycles. The third-order valence-electron chi connectivity index (χ3n) is 4.58. The molecule has 136 valence electrons. The van der Waals surface area contributed by atoms with Crippen LogP contribution in [0.15, 0.2) is 52.9 Å². The number of rotatable bonds is 4. The normalized spacial score (nSPS) is 12.8. The highest BCUT2D eigenvalue weighted by atomic mass is 16.5. The summed E-state index contributed by atoms with van der Waals surface area (Å²) in [6.45, 7) is 8.52. The first kappa shape index (κ1) is 18.1. The van der Waals surface area contributed by atoms with E-state index in [4.69, 9.17) is 9.15 Å². The Kier molecular flexibility index (Phi) is 4.77. The van der Waals surface area contributed by atoms with Crippen LogP contribution in [0.2, 0.25) is 0 Å². The second kappa shape index (κ2) is 6.87. The maximum Gasteiger partial charge on any atom is 0.287 e. The molecule has 1 aromatic heterocycles. The number of para-hydroxylation sites is 1. The van der Waals surface area contributed by atoms with Crippen LogP contribution in [0.4, 0.5) is 0 Å². The van der Waals surface area contributed by atoms with Gasteiger partial charge in [0, 0.05) is 5.39 Å². The maximum atomic E-state index is 12.6. The minimum absolute atomic E-state index is 0.109. The van der Waals surface area contributed by atoms with Crippen molar-refractivity contribution in [3.8, 4) is 5.75 Å². The van der Waals surface area contributed by atoms with Crippen molar-refractivity contribution in [3.63, 3.8) is 0 Å². The third-order valence-corrected chi connectivity index (χ3v) is 4.58. The molecular weight excluding hydrogens is 326 g/mol. The van der Waals surface area contributed by atoms with Gasteiger partial charge in [-0.05, 0) is 35.6 Å². The molecule has 26 heavy (non-hydrogen) atoms. The Morgan fingerprint density at radius 2 is 1.81 bits per heavy atom. The molecule has 2 aromatic carbocycles. The van der Waals surface area contributed by atoms with Gasteiger partial charge in [-0.3, -0.25) is 4.79 Å². The summed E-state index contributed by atoms with van der Waals surface area (Å²) in [6.07, 6.45) is 0. The number of fused-ring (bicyclic) bond motifs is 1. The van der Waals surface area contributed by atoms with Crippen molar-refractivity contribution < 1.29 is 13.9 Å². The van der Waals surface area contributed by atoms with E-state index in [2.05, 4.69) is 50.4 Å². The number of ether oxygens (including phenoxy) is 1. The predicted molar refractivity (Wildman–Crippen MR) is 104 cm³/mol. The number of hydrogen-bond acceptors (Lipinski definition) is 3. The lowest BCUT2D eigenvalue weighted by molar-refractivity contribution is 0.0914. The largest absolute Gasteiger partial charge is 0.493 e. The van der Waals surface area contributed by atoms with Crippen molar-refractivity contribution in [3.05, 3.63) is 65.4 Å². The van der Waals surface area contributed by atoms with Gasteiger partial charge in [0.05, 0.1) is 13.2 Å². The van der Waals surface area contributed by atoms with Crippen molar-refractivity contribution in [1.29, 1.82) is 0 Å². The number of amides is 1. The summed E-state index contributed by atoms with van der Waals surface area (Å²) in [6, 6.07) is 15.6.